The van der Waals surface area contributed by atoms with E-state index in [9.17, 15) is 0 Å². The van der Waals surface area contributed by atoms with Crippen molar-refractivity contribution in [1.29, 1.82) is 0 Å². The Balaban J connectivity index is 0.000000653. The normalized spacial score (nSPS) is 13.4. The van der Waals surface area contributed by atoms with E-state index >= 15 is 0 Å². The van der Waals surface area contributed by atoms with Crippen LogP contribution in [0.1, 0.15) is 153 Å². The molecule has 6 rings (SSSR count). The number of para-hydroxylation sites is 2. The second-order valence-corrected chi connectivity index (χ2v) is 29.6. The number of ether oxygens (including phenoxy) is 1. The molecule has 0 saturated carbocycles. The Morgan fingerprint density at radius 1 is 0.500 bits per heavy atom. The van der Waals surface area contributed by atoms with Crippen LogP contribution in [0, 0.1) is 0 Å². The van der Waals surface area contributed by atoms with Crippen LogP contribution < -0.4 is 43.9 Å². The Kier molecular flexibility index (Phi) is 16.9. The van der Waals surface area contributed by atoms with Gasteiger partial charge in [0.1, 0.15) is 11.5 Å². The van der Waals surface area contributed by atoms with Crippen molar-refractivity contribution in [3.05, 3.63) is 140 Å². The van der Waals surface area contributed by atoms with Gasteiger partial charge in [-0.05, 0) is 109 Å². The summed E-state index contributed by atoms with van der Waals surface area (Å²) >= 11 is 0. The summed E-state index contributed by atoms with van der Waals surface area (Å²) in [7, 11) is -4.72. The fraction of sp³-hybridized carbons (Fsp3) is 0.474. The van der Waals surface area contributed by atoms with Gasteiger partial charge in [0, 0.05) is 38.3 Å². The van der Waals surface area contributed by atoms with E-state index in [-0.39, 0.29) is 35.1 Å². The Morgan fingerprint density at radius 3 is 1.05 bits per heavy atom. The molecule has 0 aromatic heterocycles. The molecule has 0 spiro atoms. The van der Waals surface area contributed by atoms with E-state index in [1.165, 1.54) is 66.3 Å². The van der Waals surface area contributed by atoms with Crippen molar-refractivity contribution in [3.63, 3.8) is 0 Å². The summed E-state index contributed by atoms with van der Waals surface area (Å²) in [5.41, 5.74) is 24.1. The molecule has 0 bridgehead atoms. The van der Waals surface area contributed by atoms with Crippen LogP contribution in [-0.4, -0.2) is 16.5 Å². The number of benzene rings is 5. The summed E-state index contributed by atoms with van der Waals surface area (Å²) in [6, 6.07) is 29.6. The Morgan fingerprint density at radius 2 is 0.781 bits per heavy atom. The average molecular weight is 888 g/mol. The third-order valence-electron chi connectivity index (χ3n) is 13.7. The topological polar surface area (TPSA) is 57.1 Å². The van der Waals surface area contributed by atoms with E-state index in [1.807, 2.05) is 18.2 Å². The molecule has 0 amide bonds. The van der Waals surface area contributed by atoms with Crippen molar-refractivity contribution in [2.45, 2.75) is 178 Å². The number of fused-ring (bicyclic) bond motifs is 2. The van der Waals surface area contributed by atoms with E-state index in [4.69, 9.17) is 10.5 Å². The first-order chi connectivity index (χ1) is 29.4. The van der Waals surface area contributed by atoms with Gasteiger partial charge < -0.3 is 20.4 Å². The van der Waals surface area contributed by atoms with Crippen LogP contribution in [0.5, 0.6) is 11.5 Å². The Hall–Kier alpha value is -3.67. The summed E-state index contributed by atoms with van der Waals surface area (Å²) < 4.78 is 7.57. The molecular weight excluding hydrogens is 806 g/mol. The fourth-order valence-corrected chi connectivity index (χ4v) is 14.0. The SMILES string of the molecule is CCc1cccc(CC)c1N[Si](C)(C)c1cc(C(C)(C)C)cc2c1Oc1c(cc(C(C)(C)C)cc1[Si](C)(C)Nc1c(CC)cccc1CC)C2(C)C.CCc1cccc(CC)c1[NH-].[Li+]. The van der Waals surface area contributed by atoms with Gasteiger partial charge >= 0.3 is 18.9 Å². The van der Waals surface area contributed by atoms with Crippen LogP contribution >= 0.6 is 0 Å². The Labute approximate surface area is 404 Å². The minimum Gasteiger partial charge on any atom is -0.698 e. The molecule has 0 saturated heterocycles. The van der Waals surface area contributed by atoms with Crippen molar-refractivity contribution < 1.29 is 23.6 Å². The minimum atomic E-state index is -2.36. The van der Waals surface area contributed by atoms with E-state index in [0.29, 0.717) is 0 Å². The summed E-state index contributed by atoms with van der Waals surface area (Å²) in [6.07, 6.45) is 5.95. The van der Waals surface area contributed by atoms with Gasteiger partial charge in [0.2, 0.25) is 0 Å². The molecule has 5 aromatic rings. The Bertz CT molecular complexity index is 2210. The molecular formula is C57H82LiN3OSi2. The van der Waals surface area contributed by atoms with Gasteiger partial charge in [0.25, 0.3) is 0 Å². The number of nitrogens with one attached hydrogen (secondary N) is 3. The number of aryl methyl sites for hydroxylation is 6. The maximum atomic E-state index is 7.75. The van der Waals surface area contributed by atoms with Gasteiger partial charge in [0.15, 0.2) is 16.5 Å². The van der Waals surface area contributed by atoms with Crippen molar-refractivity contribution in [3.8, 4) is 11.5 Å². The van der Waals surface area contributed by atoms with Crippen LogP contribution in [0.25, 0.3) is 5.73 Å². The van der Waals surface area contributed by atoms with Crippen LogP contribution in [-0.2, 0) is 54.8 Å². The second kappa shape index (κ2) is 20.5. The zero-order chi connectivity index (χ0) is 46.9. The molecule has 1 aliphatic heterocycles. The summed E-state index contributed by atoms with van der Waals surface area (Å²) in [5.74, 6) is 2.14. The molecule has 64 heavy (non-hydrogen) atoms. The smallest absolute Gasteiger partial charge is 0.698 e. The first-order valence-corrected chi connectivity index (χ1v) is 30.1. The van der Waals surface area contributed by atoms with Crippen molar-refractivity contribution >= 4 is 43.9 Å². The minimum absolute atomic E-state index is 0. The first kappa shape index (κ1) is 53.0. The molecule has 7 heteroatoms. The molecule has 340 valence electrons. The predicted octanol–water partition coefficient (Wildman–Crippen LogP) is 12.5. The van der Waals surface area contributed by atoms with E-state index in [2.05, 4.69) is 194 Å². The predicted molar refractivity (Wildman–Crippen MR) is 284 cm³/mol. The maximum absolute atomic E-state index is 7.75. The summed E-state index contributed by atoms with van der Waals surface area (Å²) in [5, 5.41) is 2.70. The third-order valence-corrected chi connectivity index (χ3v) is 18.9. The summed E-state index contributed by atoms with van der Waals surface area (Å²) in [6.45, 7) is 42.1. The van der Waals surface area contributed by atoms with Crippen molar-refractivity contribution in [2.24, 2.45) is 0 Å². The molecule has 0 unspecified atom stereocenters. The number of hydrogen-bond acceptors (Lipinski definition) is 3. The van der Waals surface area contributed by atoms with E-state index < -0.39 is 16.5 Å². The third kappa shape index (κ3) is 10.9. The van der Waals surface area contributed by atoms with Gasteiger partial charge in [-0.3, -0.25) is 0 Å². The van der Waals surface area contributed by atoms with E-state index in [1.54, 1.807) is 0 Å². The number of rotatable bonds is 12. The van der Waals surface area contributed by atoms with Gasteiger partial charge in [-0.15, -0.1) is 5.69 Å². The van der Waals surface area contributed by atoms with Gasteiger partial charge in [-0.2, -0.15) is 0 Å². The zero-order valence-electron chi connectivity index (χ0n) is 43.7. The molecule has 0 radical (unpaired) electrons. The molecule has 5 aromatic carbocycles. The first-order valence-electron chi connectivity index (χ1n) is 24.1. The summed E-state index contributed by atoms with van der Waals surface area (Å²) in [4.78, 5) is 8.48. The largest absolute Gasteiger partial charge is 1.00 e. The molecule has 1 heterocycles. The molecule has 0 aliphatic carbocycles. The van der Waals surface area contributed by atoms with Crippen LogP contribution in [0.15, 0.2) is 78.9 Å². The average Bonchev–Trinajstić information content (AvgIpc) is 3.22. The van der Waals surface area contributed by atoms with Crippen LogP contribution in [0.3, 0.4) is 0 Å². The standard InChI is InChI=1S/C47H68N2OSi2.C10H14N.Li/c1-17-31-23-21-24-32(18-2)41(31)48-51(13,14)39-29-35(45(5,6)7)27-37-43(39)50-44-38(47(37,11)12)28-36(46(8,9)10)30-40(44)52(15,16)49-42-33(19-3)25-22-26-34(42)20-4;1-3-8-6-5-7-9(4-2)10(8)11;/h21-30,48-49H,17-20H2,1-16H3;5-7,11H,3-4H2,1-2H3;/q;-1;+1. The molecule has 0 fully saturated rings. The van der Waals surface area contributed by atoms with Gasteiger partial charge in [0.05, 0.1) is 0 Å². The zero-order valence-corrected chi connectivity index (χ0v) is 45.7. The van der Waals surface area contributed by atoms with Crippen molar-refractivity contribution in [1.82, 2.24) is 0 Å². The van der Waals surface area contributed by atoms with Crippen molar-refractivity contribution in [2.75, 3.05) is 9.96 Å². The molecule has 4 nitrogen and oxygen atoms in total. The molecule has 1 aliphatic rings. The monoisotopic (exact) mass is 888 g/mol. The molecule has 0 atom stereocenters. The maximum Gasteiger partial charge on any atom is 1.00 e. The van der Waals surface area contributed by atoms with E-state index in [0.717, 1.165) is 66.8 Å². The second-order valence-electron chi connectivity index (χ2n) is 21.5. The van der Waals surface area contributed by atoms with Gasteiger partial charge in [-0.1, -0.05) is 187 Å². The quantitative estimate of drug-likeness (QED) is 0.123. The number of hydrogen-bond donors (Lipinski definition) is 2. The van der Waals surface area contributed by atoms with Gasteiger partial charge in [-0.25, -0.2) is 0 Å². The number of anilines is 2. The van der Waals surface area contributed by atoms with Crippen LogP contribution in [0.2, 0.25) is 26.2 Å². The molecule has 3 N–H and O–H groups in total. The van der Waals surface area contributed by atoms with Crippen LogP contribution in [0.4, 0.5) is 17.1 Å². The fourth-order valence-electron chi connectivity index (χ4n) is 9.26.